The lowest BCUT2D eigenvalue weighted by atomic mass is 10.2. The Morgan fingerprint density at radius 2 is 1.70 bits per heavy atom. The van der Waals surface area contributed by atoms with Gasteiger partial charge in [-0.1, -0.05) is 17.7 Å². The minimum Gasteiger partial charge on any atom is -0.286 e. The van der Waals surface area contributed by atoms with Crippen LogP contribution in [0, 0.1) is 18.3 Å². The number of benzene rings is 1. The summed E-state index contributed by atoms with van der Waals surface area (Å²) in [6.45, 7) is 5.83. The van der Waals surface area contributed by atoms with Gasteiger partial charge in [0.2, 0.25) is 10.0 Å². The van der Waals surface area contributed by atoms with Crippen LogP contribution in [0.2, 0.25) is 0 Å². The molecule has 20 heavy (non-hydrogen) atoms. The number of aryl methyl sites for hydroxylation is 1. The summed E-state index contributed by atoms with van der Waals surface area (Å²) in [7, 11) is -3.41. The molecule has 1 aromatic rings. The van der Waals surface area contributed by atoms with Gasteiger partial charge in [0.1, 0.15) is 0 Å². The Balaban J connectivity index is 2.10. The molecule has 1 unspecified atom stereocenters. The minimum absolute atomic E-state index is 0.167. The van der Waals surface area contributed by atoms with Crippen molar-refractivity contribution in [2.24, 2.45) is 0 Å². The average Bonchev–Trinajstić information content (AvgIpc) is 2.47. The van der Waals surface area contributed by atoms with E-state index in [0.29, 0.717) is 31.1 Å². The third-order valence-corrected chi connectivity index (χ3v) is 5.58. The molecule has 1 atom stereocenters. The van der Waals surface area contributed by atoms with E-state index in [2.05, 4.69) is 6.07 Å². The molecular weight excluding hydrogens is 274 g/mol. The summed E-state index contributed by atoms with van der Waals surface area (Å²) in [6.07, 6.45) is 0. The standard InChI is InChI=1S/C14H19N3O2S/c1-12-3-5-14(6-4-12)20(18,19)17-9-7-16(8-10-17)13(2)11-15/h3-6,13H,7-10H2,1-2H3. The second-order valence-electron chi connectivity index (χ2n) is 5.06. The molecule has 0 aromatic heterocycles. The van der Waals surface area contributed by atoms with Crippen LogP contribution >= 0.6 is 0 Å². The van der Waals surface area contributed by atoms with E-state index in [4.69, 9.17) is 5.26 Å². The zero-order chi connectivity index (χ0) is 14.8. The van der Waals surface area contributed by atoms with E-state index >= 15 is 0 Å². The van der Waals surface area contributed by atoms with Crippen molar-refractivity contribution in [1.82, 2.24) is 9.21 Å². The lowest BCUT2D eigenvalue weighted by Crippen LogP contribution is -2.50. The predicted octanol–water partition coefficient (Wildman–Crippen LogP) is 1.21. The molecule has 5 nitrogen and oxygen atoms in total. The average molecular weight is 293 g/mol. The first-order valence-electron chi connectivity index (χ1n) is 6.65. The summed E-state index contributed by atoms with van der Waals surface area (Å²) in [4.78, 5) is 2.34. The highest BCUT2D eigenvalue weighted by molar-refractivity contribution is 7.89. The third kappa shape index (κ3) is 3.01. The van der Waals surface area contributed by atoms with Crippen LogP contribution in [-0.4, -0.2) is 49.8 Å². The van der Waals surface area contributed by atoms with Crippen molar-refractivity contribution in [3.05, 3.63) is 29.8 Å². The number of rotatable bonds is 3. The normalized spacial score (nSPS) is 19.4. The number of hydrogen-bond acceptors (Lipinski definition) is 4. The van der Waals surface area contributed by atoms with E-state index < -0.39 is 10.0 Å². The maximum Gasteiger partial charge on any atom is 0.243 e. The van der Waals surface area contributed by atoms with E-state index in [1.54, 1.807) is 24.3 Å². The van der Waals surface area contributed by atoms with Crippen LogP contribution in [-0.2, 0) is 10.0 Å². The van der Waals surface area contributed by atoms with Gasteiger partial charge in [0, 0.05) is 26.2 Å². The van der Waals surface area contributed by atoms with Gasteiger partial charge in [-0.3, -0.25) is 4.90 Å². The molecule has 1 aliphatic heterocycles. The molecular formula is C14H19N3O2S. The molecule has 1 heterocycles. The first-order chi connectivity index (χ1) is 9.45. The number of nitrogens with zero attached hydrogens (tertiary/aromatic N) is 3. The molecule has 1 aromatic carbocycles. The van der Waals surface area contributed by atoms with Crippen molar-refractivity contribution in [3.63, 3.8) is 0 Å². The van der Waals surface area contributed by atoms with Crippen molar-refractivity contribution in [2.75, 3.05) is 26.2 Å². The monoisotopic (exact) mass is 293 g/mol. The van der Waals surface area contributed by atoms with Crippen molar-refractivity contribution >= 4 is 10.0 Å². The summed E-state index contributed by atoms with van der Waals surface area (Å²) >= 11 is 0. The van der Waals surface area contributed by atoms with Crippen LogP contribution in [0.1, 0.15) is 12.5 Å². The topological polar surface area (TPSA) is 64.4 Å². The van der Waals surface area contributed by atoms with Crippen LogP contribution in [0.25, 0.3) is 0 Å². The highest BCUT2D eigenvalue weighted by atomic mass is 32.2. The molecule has 0 aliphatic carbocycles. The van der Waals surface area contributed by atoms with Gasteiger partial charge in [-0.05, 0) is 26.0 Å². The summed E-state index contributed by atoms with van der Waals surface area (Å²) in [5.41, 5.74) is 1.04. The van der Waals surface area contributed by atoms with Gasteiger partial charge in [-0.25, -0.2) is 8.42 Å². The fourth-order valence-electron chi connectivity index (χ4n) is 2.27. The Labute approximate surface area is 120 Å². The Morgan fingerprint density at radius 3 is 2.20 bits per heavy atom. The van der Waals surface area contributed by atoms with Gasteiger partial charge in [0.05, 0.1) is 17.0 Å². The Kier molecular flexibility index (Phi) is 4.43. The molecule has 0 N–H and O–H groups in total. The Bertz CT molecular complexity index is 596. The third-order valence-electron chi connectivity index (χ3n) is 3.67. The molecule has 0 amide bonds. The van der Waals surface area contributed by atoms with Crippen molar-refractivity contribution in [2.45, 2.75) is 24.8 Å². The highest BCUT2D eigenvalue weighted by Crippen LogP contribution is 2.18. The van der Waals surface area contributed by atoms with Gasteiger partial charge in [-0.15, -0.1) is 0 Å². The van der Waals surface area contributed by atoms with Gasteiger partial charge in [0.25, 0.3) is 0 Å². The Hall–Kier alpha value is -1.42. The van der Waals surface area contributed by atoms with E-state index in [1.807, 2.05) is 18.7 Å². The second-order valence-corrected chi connectivity index (χ2v) is 7.00. The highest BCUT2D eigenvalue weighted by Gasteiger charge is 2.29. The number of piperazine rings is 1. The second kappa shape index (κ2) is 5.92. The van der Waals surface area contributed by atoms with Crippen LogP contribution in [0.5, 0.6) is 0 Å². The molecule has 108 valence electrons. The zero-order valence-electron chi connectivity index (χ0n) is 11.8. The molecule has 0 radical (unpaired) electrons. The fourth-order valence-corrected chi connectivity index (χ4v) is 3.69. The summed E-state index contributed by atoms with van der Waals surface area (Å²) < 4.78 is 26.5. The molecule has 6 heteroatoms. The Morgan fingerprint density at radius 1 is 1.15 bits per heavy atom. The van der Waals surface area contributed by atoms with Gasteiger partial charge < -0.3 is 0 Å². The van der Waals surface area contributed by atoms with E-state index in [-0.39, 0.29) is 6.04 Å². The van der Waals surface area contributed by atoms with Crippen LogP contribution in [0.15, 0.2) is 29.2 Å². The maximum atomic E-state index is 12.5. The molecule has 0 spiro atoms. The maximum absolute atomic E-state index is 12.5. The number of hydrogen-bond donors (Lipinski definition) is 0. The molecule has 1 saturated heterocycles. The molecule has 0 saturated carbocycles. The lowest BCUT2D eigenvalue weighted by molar-refractivity contribution is 0.169. The molecule has 2 rings (SSSR count). The zero-order valence-corrected chi connectivity index (χ0v) is 12.6. The van der Waals surface area contributed by atoms with Gasteiger partial charge in [0.15, 0.2) is 0 Å². The molecule has 1 fully saturated rings. The van der Waals surface area contributed by atoms with Crippen molar-refractivity contribution < 1.29 is 8.42 Å². The van der Waals surface area contributed by atoms with Crippen molar-refractivity contribution in [3.8, 4) is 6.07 Å². The molecule has 0 bridgehead atoms. The summed E-state index contributed by atoms with van der Waals surface area (Å²) in [5, 5.41) is 8.89. The smallest absolute Gasteiger partial charge is 0.243 e. The predicted molar refractivity (Wildman–Crippen MR) is 76.6 cm³/mol. The lowest BCUT2D eigenvalue weighted by Gasteiger charge is -2.35. The van der Waals surface area contributed by atoms with Gasteiger partial charge in [-0.2, -0.15) is 9.57 Å². The van der Waals surface area contributed by atoms with E-state index in [0.717, 1.165) is 5.56 Å². The van der Waals surface area contributed by atoms with Crippen LogP contribution in [0.3, 0.4) is 0 Å². The summed E-state index contributed by atoms with van der Waals surface area (Å²) in [5.74, 6) is 0. The SMILES string of the molecule is Cc1ccc(S(=O)(=O)N2CCN(C(C)C#N)CC2)cc1. The van der Waals surface area contributed by atoms with Crippen molar-refractivity contribution in [1.29, 1.82) is 5.26 Å². The van der Waals surface area contributed by atoms with Crippen LogP contribution in [0.4, 0.5) is 0 Å². The van der Waals surface area contributed by atoms with E-state index in [1.165, 1.54) is 4.31 Å². The quantitative estimate of drug-likeness (QED) is 0.840. The first-order valence-corrected chi connectivity index (χ1v) is 8.09. The molecule has 1 aliphatic rings. The number of sulfonamides is 1. The first kappa shape index (κ1) is 15.0. The summed E-state index contributed by atoms with van der Waals surface area (Å²) in [6, 6.07) is 8.93. The van der Waals surface area contributed by atoms with Gasteiger partial charge >= 0.3 is 0 Å². The largest absolute Gasteiger partial charge is 0.286 e. The van der Waals surface area contributed by atoms with Crippen LogP contribution < -0.4 is 0 Å². The minimum atomic E-state index is -3.41. The number of nitriles is 1. The van der Waals surface area contributed by atoms with E-state index in [9.17, 15) is 8.42 Å². The fraction of sp³-hybridized carbons (Fsp3) is 0.500.